The molecule has 0 spiro atoms. The van der Waals surface area contributed by atoms with Gasteiger partial charge in [0.1, 0.15) is 11.6 Å². The second-order valence-corrected chi connectivity index (χ2v) is 6.60. The van der Waals surface area contributed by atoms with Gasteiger partial charge < -0.3 is 19.8 Å². The molecule has 0 radical (unpaired) electrons. The van der Waals surface area contributed by atoms with Crippen molar-refractivity contribution in [1.82, 2.24) is 10.3 Å². The van der Waals surface area contributed by atoms with Gasteiger partial charge in [-0.25, -0.2) is 0 Å². The molecule has 27 heavy (non-hydrogen) atoms. The smallest absolute Gasteiger partial charge is 0.196 e. The van der Waals surface area contributed by atoms with Crippen molar-refractivity contribution in [3.05, 3.63) is 53.1 Å². The number of ether oxygens (including phenoxy) is 2. The minimum atomic E-state index is -0.288. The van der Waals surface area contributed by atoms with Gasteiger partial charge >= 0.3 is 0 Å². The monoisotopic (exact) mass is 405 g/mol. The molecule has 0 amide bonds. The molecule has 4 rings (SSSR count). The molecule has 5 nitrogen and oxygen atoms in total. The Hall–Kier alpha value is -2.21. The predicted octanol–water partition coefficient (Wildman–Crippen LogP) is 4.63. The minimum Gasteiger partial charge on any atom is -0.465 e. The van der Waals surface area contributed by atoms with Crippen LogP contribution in [0.1, 0.15) is 12.5 Å². The Bertz CT molecular complexity index is 967. The number of hydrogen-bond donors (Lipinski definition) is 2. The molecule has 2 heterocycles. The van der Waals surface area contributed by atoms with E-state index in [1.807, 2.05) is 49.4 Å². The number of rotatable bonds is 5. The molecule has 0 saturated heterocycles. The molecule has 2 aromatic carbocycles. The summed E-state index contributed by atoms with van der Waals surface area (Å²) in [4.78, 5) is 8.12. The molecule has 0 aliphatic carbocycles. The number of nitrogens with zero attached hydrogens (tertiary/aromatic N) is 1. The average Bonchev–Trinajstić information content (AvgIpc) is 3.29. The fraction of sp³-hybridized carbons (Fsp3) is 0.250. The largest absolute Gasteiger partial charge is 0.465 e. The summed E-state index contributed by atoms with van der Waals surface area (Å²) in [5, 5.41) is 5.14. The average molecular weight is 406 g/mol. The zero-order valence-electron chi connectivity index (χ0n) is 15.1. The van der Waals surface area contributed by atoms with Gasteiger partial charge in [0.25, 0.3) is 0 Å². The Morgan fingerprint density at radius 2 is 1.93 bits per heavy atom. The van der Waals surface area contributed by atoms with Crippen LogP contribution in [0.4, 0.5) is 0 Å². The third-order valence-electron chi connectivity index (χ3n) is 4.45. The van der Waals surface area contributed by atoms with Crippen LogP contribution in [-0.4, -0.2) is 37.3 Å². The quantitative estimate of drug-likeness (QED) is 0.608. The number of aliphatic imine (C=N–C) groups is 1. The number of benzene rings is 2. The standard InChI is InChI=1S/C20H20ClN3O2.ClH/c1-12(25-2)26-15-6-3-13(4-7-15)19-18(20-22-9-10-23-20)16-11-14(21)5-8-17(16)24-19;/h3-8,11-12,24H,9-10H2,1-2H3,(H,22,23);1H. The first-order chi connectivity index (χ1) is 12.7. The van der Waals surface area contributed by atoms with Gasteiger partial charge in [0.2, 0.25) is 0 Å². The fourth-order valence-electron chi connectivity index (χ4n) is 3.13. The highest BCUT2D eigenvalue weighted by Gasteiger charge is 2.20. The van der Waals surface area contributed by atoms with E-state index in [4.69, 9.17) is 21.1 Å². The van der Waals surface area contributed by atoms with E-state index < -0.39 is 0 Å². The molecule has 1 aromatic heterocycles. The summed E-state index contributed by atoms with van der Waals surface area (Å²) >= 11 is 6.23. The summed E-state index contributed by atoms with van der Waals surface area (Å²) in [5.41, 5.74) is 4.16. The number of fused-ring (bicyclic) bond motifs is 1. The third-order valence-corrected chi connectivity index (χ3v) is 4.68. The summed E-state index contributed by atoms with van der Waals surface area (Å²) in [6.45, 7) is 3.49. The number of methoxy groups -OCH3 is 1. The van der Waals surface area contributed by atoms with E-state index in [2.05, 4.69) is 15.3 Å². The molecule has 2 N–H and O–H groups in total. The Balaban J connectivity index is 0.00000210. The van der Waals surface area contributed by atoms with E-state index in [1.54, 1.807) is 7.11 Å². The van der Waals surface area contributed by atoms with E-state index >= 15 is 0 Å². The Morgan fingerprint density at radius 3 is 2.59 bits per heavy atom. The Kier molecular flexibility index (Phi) is 5.95. The first-order valence-electron chi connectivity index (χ1n) is 8.55. The fourth-order valence-corrected chi connectivity index (χ4v) is 3.30. The number of amidine groups is 1. The SMILES string of the molecule is COC(C)Oc1ccc(-c2[nH]c3ccc(Cl)cc3c2C2=NCCN2)cc1.Cl. The number of aromatic nitrogens is 1. The number of halogens is 2. The second-order valence-electron chi connectivity index (χ2n) is 6.17. The van der Waals surface area contributed by atoms with E-state index in [0.717, 1.165) is 52.4 Å². The first kappa shape index (κ1) is 19.5. The van der Waals surface area contributed by atoms with Crippen molar-refractivity contribution in [2.45, 2.75) is 13.2 Å². The zero-order chi connectivity index (χ0) is 18.1. The number of nitrogens with one attached hydrogen (secondary N) is 2. The molecule has 7 heteroatoms. The van der Waals surface area contributed by atoms with Crippen LogP contribution in [0.2, 0.25) is 5.02 Å². The molecule has 0 fully saturated rings. The van der Waals surface area contributed by atoms with Gasteiger partial charge in [-0.1, -0.05) is 11.6 Å². The van der Waals surface area contributed by atoms with Crippen LogP contribution in [0.5, 0.6) is 5.75 Å². The van der Waals surface area contributed by atoms with Crippen LogP contribution >= 0.6 is 24.0 Å². The molecule has 1 atom stereocenters. The lowest BCUT2D eigenvalue weighted by molar-refractivity contribution is -0.0382. The van der Waals surface area contributed by atoms with Crippen LogP contribution in [0, 0.1) is 0 Å². The van der Waals surface area contributed by atoms with Crippen LogP contribution in [0.15, 0.2) is 47.5 Å². The summed E-state index contributed by atoms with van der Waals surface area (Å²) in [6.07, 6.45) is -0.288. The van der Waals surface area contributed by atoms with Crippen molar-refractivity contribution in [3.63, 3.8) is 0 Å². The maximum absolute atomic E-state index is 6.23. The van der Waals surface area contributed by atoms with Gasteiger partial charge in [-0.15, -0.1) is 12.4 Å². The van der Waals surface area contributed by atoms with E-state index in [9.17, 15) is 0 Å². The maximum atomic E-state index is 6.23. The topological polar surface area (TPSA) is 58.6 Å². The molecule has 1 unspecified atom stereocenters. The Labute approximate surface area is 169 Å². The summed E-state index contributed by atoms with van der Waals surface area (Å²) < 4.78 is 10.8. The highest BCUT2D eigenvalue weighted by atomic mass is 35.5. The summed E-state index contributed by atoms with van der Waals surface area (Å²) in [7, 11) is 1.62. The lowest BCUT2D eigenvalue weighted by Gasteiger charge is -2.13. The highest BCUT2D eigenvalue weighted by molar-refractivity contribution is 6.31. The van der Waals surface area contributed by atoms with Crippen LogP contribution in [0.25, 0.3) is 22.2 Å². The molecule has 3 aromatic rings. The van der Waals surface area contributed by atoms with Crippen LogP contribution in [0.3, 0.4) is 0 Å². The molecule has 1 aliphatic rings. The molecule has 0 bridgehead atoms. The van der Waals surface area contributed by atoms with Crippen molar-refractivity contribution in [2.24, 2.45) is 4.99 Å². The van der Waals surface area contributed by atoms with E-state index in [-0.39, 0.29) is 18.7 Å². The molecule has 0 saturated carbocycles. The number of aromatic amines is 1. The van der Waals surface area contributed by atoms with E-state index in [1.165, 1.54) is 0 Å². The van der Waals surface area contributed by atoms with Crippen molar-refractivity contribution in [1.29, 1.82) is 0 Å². The third kappa shape index (κ3) is 3.90. The van der Waals surface area contributed by atoms with Crippen LogP contribution in [-0.2, 0) is 4.74 Å². The lowest BCUT2D eigenvalue weighted by atomic mass is 10.0. The first-order valence-corrected chi connectivity index (χ1v) is 8.93. The molecular weight excluding hydrogens is 385 g/mol. The zero-order valence-corrected chi connectivity index (χ0v) is 16.7. The summed E-state index contributed by atoms with van der Waals surface area (Å²) in [5.74, 6) is 1.67. The van der Waals surface area contributed by atoms with Crippen LogP contribution < -0.4 is 10.1 Å². The lowest BCUT2D eigenvalue weighted by Crippen LogP contribution is -2.19. The van der Waals surface area contributed by atoms with Crippen molar-refractivity contribution in [3.8, 4) is 17.0 Å². The van der Waals surface area contributed by atoms with Crippen molar-refractivity contribution >= 4 is 40.7 Å². The minimum absolute atomic E-state index is 0. The van der Waals surface area contributed by atoms with Gasteiger partial charge in [0.15, 0.2) is 6.29 Å². The van der Waals surface area contributed by atoms with Gasteiger partial charge in [-0.05, 0) is 55.0 Å². The molecule has 142 valence electrons. The Morgan fingerprint density at radius 1 is 1.15 bits per heavy atom. The number of hydrogen-bond acceptors (Lipinski definition) is 4. The van der Waals surface area contributed by atoms with Gasteiger partial charge in [0, 0.05) is 35.1 Å². The predicted molar refractivity (Wildman–Crippen MR) is 112 cm³/mol. The van der Waals surface area contributed by atoms with Crippen molar-refractivity contribution < 1.29 is 9.47 Å². The van der Waals surface area contributed by atoms with Gasteiger partial charge in [0.05, 0.1) is 12.2 Å². The molecule has 1 aliphatic heterocycles. The van der Waals surface area contributed by atoms with Gasteiger partial charge in [-0.2, -0.15) is 0 Å². The van der Waals surface area contributed by atoms with E-state index in [0.29, 0.717) is 5.02 Å². The number of H-pyrrole nitrogens is 1. The maximum Gasteiger partial charge on any atom is 0.196 e. The van der Waals surface area contributed by atoms with Crippen molar-refractivity contribution in [2.75, 3.05) is 20.2 Å². The molecular formula is C20H21Cl2N3O2. The highest BCUT2D eigenvalue weighted by Crippen LogP contribution is 2.33. The second kappa shape index (κ2) is 8.21. The summed E-state index contributed by atoms with van der Waals surface area (Å²) in [6, 6.07) is 13.8. The van der Waals surface area contributed by atoms with Gasteiger partial charge in [-0.3, -0.25) is 4.99 Å². The normalized spacial score (nSPS) is 14.4.